The Morgan fingerprint density at radius 3 is 2.86 bits per heavy atom. The molecule has 5 heteroatoms. The molecule has 0 radical (unpaired) electrons. The molecule has 4 nitrogen and oxygen atoms in total. The van der Waals surface area contributed by atoms with Crippen molar-refractivity contribution in [1.82, 2.24) is 0 Å². The maximum Gasteiger partial charge on any atom is 0.284 e. The molecule has 1 rings (SSSR count). The highest BCUT2D eigenvalue weighted by Gasteiger charge is 2.12. The van der Waals surface area contributed by atoms with Crippen LogP contribution in [0.15, 0.2) is 28.7 Å². The summed E-state index contributed by atoms with van der Waals surface area (Å²) in [5.74, 6) is 0. The van der Waals surface area contributed by atoms with Gasteiger partial charge in [-0.1, -0.05) is 24.3 Å². The van der Waals surface area contributed by atoms with Gasteiger partial charge in [0, 0.05) is 12.6 Å². The molecular weight excluding hydrogens is 248 g/mol. The predicted molar refractivity (Wildman–Crippen MR) is 58.9 cm³/mol. The Bertz CT molecular complexity index is 377. The summed E-state index contributed by atoms with van der Waals surface area (Å²) in [5, 5.41) is 10.6. The Morgan fingerprint density at radius 2 is 2.29 bits per heavy atom. The topological polar surface area (TPSA) is 69.2 Å². The van der Waals surface area contributed by atoms with Crippen LogP contribution in [0, 0.1) is 10.1 Å². The molecule has 0 bridgehead atoms. The van der Waals surface area contributed by atoms with Crippen molar-refractivity contribution < 1.29 is 4.92 Å². The number of nitrogens with zero attached hydrogens (tertiary/aromatic N) is 1. The van der Waals surface area contributed by atoms with Crippen molar-refractivity contribution in [3.8, 4) is 0 Å². The Hall–Kier alpha value is -1.20. The molecule has 0 aromatic heterocycles. The molecule has 1 aromatic carbocycles. The number of benzene rings is 1. The van der Waals surface area contributed by atoms with Gasteiger partial charge in [0.1, 0.15) is 4.47 Å². The molecule has 0 fully saturated rings. The fourth-order valence-electron chi connectivity index (χ4n) is 1.00. The molecule has 2 N–H and O–H groups in total. The molecular formula is C9H9BrN2O2. The van der Waals surface area contributed by atoms with Gasteiger partial charge in [0.25, 0.3) is 5.69 Å². The van der Waals surface area contributed by atoms with Gasteiger partial charge in [-0.2, -0.15) is 0 Å². The van der Waals surface area contributed by atoms with Crippen LogP contribution in [0.3, 0.4) is 0 Å². The molecule has 0 amide bonds. The van der Waals surface area contributed by atoms with Crippen LogP contribution < -0.4 is 5.73 Å². The average molecular weight is 257 g/mol. The average Bonchev–Trinajstić information content (AvgIpc) is 2.16. The van der Waals surface area contributed by atoms with E-state index >= 15 is 0 Å². The molecule has 1 aromatic rings. The summed E-state index contributed by atoms with van der Waals surface area (Å²) in [7, 11) is 0. The quantitative estimate of drug-likeness (QED) is 0.667. The molecule has 14 heavy (non-hydrogen) atoms. The second-order valence-electron chi connectivity index (χ2n) is 2.58. The summed E-state index contributed by atoms with van der Waals surface area (Å²) < 4.78 is 0.481. The van der Waals surface area contributed by atoms with Gasteiger partial charge in [-0.3, -0.25) is 10.1 Å². The van der Waals surface area contributed by atoms with Crippen molar-refractivity contribution in [2.24, 2.45) is 5.73 Å². The van der Waals surface area contributed by atoms with E-state index in [0.29, 0.717) is 11.0 Å². The summed E-state index contributed by atoms with van der Waals surface area (Å²) in [6, 6.07) is 4.87. The lowest BCUT2D eigenvalue weighted by Gasteiger charge is -1.99. The van der Waals surface area contributed by atoms with E-state index in [1.54, 1.807) is 24.3 Å². The van der Waals surface area contributed by atoms with Gasteiger partial charge in [0.05, 0.1) is 4.92 Å². The van der Waals surface area contributed by atoms with Crippen molar-refractivity contribution in [3.63, 3.8) is 0 Å². The summed E-state index contributed by atoms with van der Waals surface area (Å²) in [4.78, 5) is 10.1. The maximum atomic E-state index is 10.6. The number of hydrogen-bond acceptors (Lipinski definition) is 3. The van der Waals surface area contributed by atoms with Gasteiger partial charge in [-0.15, -0.1) is 0 Å². The third-order valence-corrected chi connectivity index (χ3v) is 2.50. The highest BCUT2D eigenvalue weighted by atomic mass is 79.9. The predicted octanol–water partition coefficient (Wildman–Crippen LogP) is 2.33. The first-order chi connectivity index (χ1) is 6.66. The number of nitro groups is 1. The first kappa shape index (κ1) is 10.9. The van der Waals surface area contributed by atoms with Crippen molar-refractivity contribution >= 4 is 27.7 Å². The van der Waals surface area contributed by atoms with Crippen molar-refractivity contribution in [1.29, 1.82) is 0 Å². The van der Waals surface area contributed by atoms with Crippen LogP contribution in [0.25, 0.3) is 6.08 Å². The molecule has 0 unspecified atom stereocenters. The zero-order valence-corrected chi connectivity index (χ0v) is 8.90. The zero-order valence-electron chi connectivity index (χ0n) is 7.31. The van der Waals surface area contributed by atoms with E-state index in [9.17, 15) is 10.1 Å². The largest absolute Gasteiger partial charge is 0.327 e. The standard InChI is InChI=1S/C9H9BrN2O2/c10-9-7(4-2-6-11)3-1-5-8(9)12(13)14/h1-5H,6,11H2/b4-2+. The van der Waals surface area contributed by atoms with E-state index in [0.717, 1.165) is 5.56 Å². The van der Waals surface area contributed by atoms with Crippen molar-refractivity contribution in [3.05, 3.63) is 44.4 Å². The Balaban J connectivity index is 3.14. The number of nitrogens with two attached hydrogens (primary N) is 1. The number of halogens is 1. The second kappa shape index (κ2) is 4.88. The highest BCUT2D eigenvalue weighted by Crippen LogP contribution is 2.28. The fourth-order valence-corrected chi connectivity index (χ4v) is 1.54. The number of rotatable bonds is 3. The van der Waals surface area contributed by atoms with E-state index < -0.39 is 4.92 Å². The highest BCUT2D eigenvalue weighted by molar-refractivity contribution is 9.10. The van der Waals surface area contributed by atoms with Crippen LogP contribution in [-0.2, 0) is 0 Å². The van der Waals surface area contributed by atoms with Gasteiger partial charge in [-0.25, -0.2) is 0 Å². The van der Waals surface area contributed by atoms with Crippen LogP contribution in [-0.4, -0.2) is 11.5 Å². The lowest BCUT2D eigenvalue weighted by molar-refractivity contribution is -0.385. The third-order valence-electron chi connectivity index (χ3n) is 1.64. The minimum absolute atomic E-state index is 0.0594. The molecule has 0 spiro atoms. The van der Waals surface area contributed by atoms with Crippen LogP contribution in [0.4, 0.5) is 5.69 Å². The van der Waals surface area contributed by atoms with Crippen LogP contribution in [0.1, 0.15) is 5.56 Å². The molecule has 0 saturated heterocycles. The molecule has 0 aliphatic heterocycles. The van der Waals surface area contributed by atoms with Crippen molar-refractivity contribution in [2.75, 3.05) is 6.54 Å². The first-order valence-corrected chi connectivity index (χ1v) is 4.75. The van der Waals surface area contributed by atoms with Gasteiger partial charge >= 0.3 is 0 Å². The van der Waals surface area contributed by atoms with Gasteiger partial charge in [0.15, 0.2) is 0 Å². The fraction of sp³-hybridized carbons (Fsp3) is 0.111. The summed E-state index contributed by atoms with van der Waals surface area (Å²) in [5.41, 5.74) is 6.10. The van der Waals surface area contributed by atoms with Gasteiger partial charge in [0.2, 0.25) is 0 Å². The lowest BCUT2D eigenvalue weighted by Crippen LogP contribution is -1.93. The maximum absolute atomic E-state index is 10.6. The van der Waals surface area contributed by atoms with Crippen molar-refractivity contribution in [2.45, 2.75) is 0 Å². The minimum atomic E-state index is -0.427. The molecule has 74 valence electrons. The summed E-state index contributed by atoms with van der Waals surface area (Å²) in [6.07, 6.45) is 3.49. The second-order valence-corrected chi connectivity index (χ2v) is 3.37. The molecule has 0 saturated carbocycles. The van der Waals surface area contributed by atoms with E-state index in [4.69, 9.17) is 5.73 Å². The SMILES string of the molecule is NC/C=C/c1cccc([N+](=O)[O-])c1Br. The summed E-state index contributed by atoms with van der Waals surface area (Å²) in [6.45, 7) is 0.412. The molecule has 0 aliphatic carbocycles. The smallest absolute Gasteiger partial charge is 0.284 e. The van der Waals surface area contributed by atoms with Crippen LogP contribution in [0.5, 0.6) is 0 Å². The van der Waals surface area contributed by atoms with E-state index in [-0.39, 0.29) is 5.69 Å². The third kappa shape index (κ3) is 2.40. The lowest BCUT2D eigenvalue weighted by atomic mass is 10.2. The van der Waals surface area contributed by atoms with Gasteiger partial charge in [-0.05, 0) is 21.5 Å². The van der Waals surface area contributed by atoms with E-state index in [1.807, 2.05) is 0 Å². The van der Waals surface area contributed by atoms with Crippen LogP contribution >= 0.6 is 15.9 Å². The number of nitro benzene ring substituents is 1. The monoisotopic (exact) mass is 256 g/mol. The Kier molecular flexibility index (Phi) is 3.79. The summed E-state index contributed by atoms with van der Waals surface area (Å²) >= 11 is 3.18. The normalized spacial score (nSPS) is 10.7. The Morgan fingerprint density at radius 1 is 1.57 bits per heavy atom. The van der Waals surface area contributed by atoms with E-state index in [1.165, 1.54) is 6.07 Å². The molecule has 0 atom stereocenters. The Labute approximate surface area is 89.7 Å². The minimum Gasteiger partial charge on any atom is -0.327 e. The van der Waals surface area contributed by atoms with Crippen LogP contribution in [0.2, 0.25) is 0 Å². The molecule has 0 aliphatic rings. The number of hydrogen-bond donors (Lipinski definition) is 1. The molecule has 0 heterocycles. The van der Waals surface area contributed by atoms with E-state index in [2.05, 4.69) is 15.9 Å². The van der Waals surface area contributed by atoms with Gasteiger partial charge < -0.3 is 5.73 Å². The zero-order chi connectivity index (χ0) is 10.6. The first-order valence-electron chi connectivity index (χ1n) is 3.96.